The highest BCUT2D eigenvalue weighted by atomic mass is 79.9. The summed E-state index contributed by atoms with van der Waals surface area (Å²) >= 11 is 3.22. The molecule has 2 rings (SSSR count). The molecule has 1 aliphatic rings. The van der Waals surface area contributed by atoms with E-state index >= 15 is 0 Å². The van der Waals surface area contributed by atoms with E-state index in [2.05, 4.69) is 15.9 Å². The number of hydrogen-bond acceptors (Lipinski definition) is 2. The first-order valence-corrected chi connectivity index (χ1v) is 6.30. The van der Waals surface area contributed by atoms with Gasteiger partial charge in [-0.05, 0) is 34.5 Å². The molecule has 1 amide bonds. The van der Waals surface area contributed by atoms with Crippen molar-refractivity contribution in [2.75, 3.05) is 26.3 Å². The minimum absolute atomic E-state index is 0.106. The van der Waals surface area contributed by atoms with E-state index in [9.17, 15) is 9.18 Å². The highest BCUT2D eigenvalue weighted by Crippen LogP contribution is 2.21. The van der Waals surface area contributed by atoms with Gasteiger partial charge in [0.2, 0.25) is 0 Å². The maximum atomic E-state index is 13.6. The number of halogens is 2. The van der Waals surface area contributed by atoms with E-state index in [1.807, 2.05) is 0 Å². The molecule has 92 valence electrons. The zero-order chi connectivity index (χ0) is 12.3. The molecule has 5 heteroatoms. The number of ether oxygens (including phenoxy) is 1. The number of nitrogens with zero attached hydrogens (tertiary/aromatic N) is 1. The van der Waals surface area contributed by atoms with Crippen molar-refractivity contribution < 1.29 is 13.9 Å². The number of hydrogen-bond donors (Lipinski definition) is 0. The summed E-state index contributed by atoms with van der Waals surface area (Å²) in [6.45, 7) is 2.29. The zero-order valence-corrected chi connectivity index (χ0v) is 10.9. The fraction of sp³-hybridized carbons (Fsp3) is 0.417. The van der Waals surface area contributed by atoms with Gasteiger partial charge in [0, 0.05) is 24.2 Å². The maximum Gasteiger partial charge on any atom is 0.258 e. The van der Waals surface area contributed by atoms with Crippen molar-refractivity contribution in [2.24, 2.45) is 0 Å². The monoisotopic (exact) mass is 301 g/mol. The van der Waals surface area contributed by atoms with Gasteiger partial charge in [-0.1, -0.05) is 6.07 Å². The number of amides is 1. The second-order valence-electron chi connectivity index (χ2n) is 3.85. The van der Waals surface area contributed by atoms with E-state index in [0.29, 0.717) is 30.8 Å². The smallest absolute Gasteiger partial charge is 0.258 e. The molecule has 1 aromatic carbocycles. The summed E-state index contributed by atoms with van der Waals surface area (Å²) in [5.41, 5.74) is 0.106. The minimum atomic E-state index is -0.491. The second kappa shape index (κ2) is 5.60. The molecule has 1 heterocycles. The van der Waals surface area contributed by atoms with Gasteiger partial charge in [0.1, 0.15) is 5.82 Å². The van der Waals surface area contributed by atoms with Crippen LogP contribution in [0.1, 0.15) is 16.8 Å². The predicted molar refractivity (Wildman–Crippen MR) is 65.4 cm³/mol. The van der Waals surface area contributed by atoms with Gasteiger partial charge in [-0.15, -0.1) is 0 Å². The first-order chi connectivity index (χ1) is 8.20. The van der Waals surface area contributed by atoms with Gasteiger partial charge in [-0.25, -0.2) is 4.39 Å². The van der Waals surface area contributed by atoms with Gasteiger partial charge in [-0.2, -0.15) is 0 Å². The Kier molecular flexibility index (Phi) is 4.12. The molecule has 1 aliphatic heterocycles. The van der Waals surface area contributed by atoms with E-state index < -0.39 is 5.82 Å². The minimum Gasteiger partial charge on any atom is -0.380 e. The van der Waals surface area contributed by atoms with Gasteiger partial charge in [0.25, 0.3) is 5.91 Å². The lowest BCUT2D eigenvalue weighted by molar-refractivity contribution is 0.0735. The van der Waals surface area contributed by atoms with Gasteiger partial charge in [-0.3, -0.25) is 4.79 Å². The first-order valence-electron chi connectivity index (χ1n) is 5.51. The highest BCUT2D eigenvalue weighted by molar-refractivity contribution is 9.10. The van der Waals surface area contributed by atoms with E-state index in [4.69, 9.17) is 4.74 Å². The van der Waals surface area contributed by atoms with E-state index in [1.165, 1.54) is 6.07 Å². The van der Waals surface area contributed by atoms with E-state index in [-0.39, 0.29) is 11.5 Å². The van der Waals surface area contributed by atoms with Crippen LogP contribution >= 0.6 is 15.9 Å². The molecular formula is C12H13BrFNO2. The summed E-state index contributed by atoms with van der Waals surface area (Å²) in [5, 5.41) is 0. The predicted octanol–water partition coefficient (Wildman–Crippen LogP) is 2.45. The van der Waals surface area contributed by atoms with Crippen LogP contribution < -0.4 is 0 Å². The Morgan fingerprint density at radius 1 is 1.35 bits per heavy atom. The molecular weight excluding hydrogens is 289 g/mol. The Balaban J connectivity index is 2.23. The van der Waals surface area contributed by atoms with Crippen molar-refractivity contribution >= 4 is 21.8 Å². The maximum absolute atomic E-state index is 13.6. The van der Waals surface area contributed by atoms with Crippen LogP contribution in [0.3, 0.4) is 0 Å². The largest absolute Gasteiger partial charge is 0.380 e. The Labute approximate surface area is 108 Å². The van der Waals surface area contributed by atoms with Crippen LogP contribution in [0.15, 0.2) is 22.7 Å². The summed E-state index contributed by atoms with van der Waals surface area (Å²) in [7, 11) is 0. The molecule has 0 atom stereocenters. The number of carbonyl (C=O) groups excluding carboxylic acids is 1. The summed E-state index contributed by atoms with van der Waals surface area (Å²) in [6.07, 6.45) is 0.789. The van der Waals surface area contributed by atoms with Gasteiger partial charge >= 0.3 is 0 Å². The summed E-state index contributed by atoms with van der Waals surface area (Å²) in [5.74, 6) is -0.769. The summed E-state index contributed by atoms with van der Waals surface area (Å²) in [4.78, 5) is 13.8. The van der Waals surface area contributed by atoms with Crippen molar-refractivity contribution in [3.63, 3.8) is 0 Å². The Bertz CT molecular complexity index is 397. The molecule has 17 heavy (non-hydrogen) atoms. The first kappa shape index (κ1) is 12.5. The van der Waals surface area contributed by atoms with E-state index in [1.54, 1.807) is 17.0 Å². The van der Waals surface area contributed by atoms with E-state index in [0.717, 1.165) is 6.42 Å². The van der Waals surface area contributed by atoms with Crippen LogP contribution in [0.2, 0.25) is 0 Å². The topological polar surface area (TPSA) is 29.5 Å². The summed E-state index contributed by atoms with van der Waals surface area (Å²) in [6, 6.07) is 4.54. The average Bonchev–Trinajstić information content (AvgIpc) is 2.57. The molecule has 0 aromatic heterocycles. The Morgan fingerprint density at radius 2 is 2.18 bits per heavy atom. The van der Waals surface area contributed by atoms with Gasteiger partial charge in [0.05, 0.1) is 12.2 Å². The number of rotatable bonds is 1. The third-order valence-electron chi connectivity index (χ3n) is 2.69. The Hall–Kier alpha value is -0.940. The second-order valence-corrected chi connectivity index (χ2v) is 4.71. The van der Waals surface area contributed by atoms with Crippen molar-refractivity contribution in [3.05, 3.63) is 34.1 Å². The molecule has 1 aromatic rings. The van der Waals surface area contributed by atoms with Crippen LogP contribution in [0, 0.1) is 5.82 Å². The molecule has 0 unspecified atom stereocenters. The quantitative estimate of drug-likeness (QED) is 0.797. The standard InChI is InChI=1S/C12H13BrFNO2/c13-9-3-1-4-10(14)11(9)12(16)15-5-2-7-17-8-6-15/h1,3-4H,2,5-8H2. The molecule has 3 nitrogen and oxygen atoms in total. The molecule has 0 bridgehead atoms. The van der Waals surface area contributed by atoms with Crippen LogP contribution in [0.25, 0.3) is 0 Å². The van der Waals surface area contributed by atoms with Crippen LogP contribution in [0.4, 0.5) is 4.39 Å². The van der Waals surface area contributed by atoms with Crippen molar-refractivity contribution in [2.45, 2.75) is 6.42 Å². The van der Waals surface area contributed by atoms with Crippen molar-refractivity contribution in [1.29, 1.82) is 0 Å². The molecule has 0 N–H and O–H groups in total. The van der Waals surface area contributed by atoms with Crippen molar-refractivity contribution in [3.8, 4) is 0 Å². The van der Waals surface area contributed by atoms with Crippen LogP contribution in [-0.2, 0) is 4.74 Å². The molecule has 0 spiro atoms. The molecule has 0 radical (unpaired) electrons. The lowest BCUT2D eigenvalue weighted by atomic mass is 10.2. The fourth-order valence-corrected chi connectivity index (χ4v) is 2.32. The lowest BCUT2D eigenvalue weighted by Gasteiger charge is -2.20. The third-order valence-corrected chi connectivity index (χ3v) is 3.35. The van der Waals surface area contributed by atoms with Gasteiger partial charge in [0.15, 0.2) is 0 Å². The number of benzene rings is 1. The SMILES string of the molecule is O=C(c1c(F)cccc1Br)N1CCCOCC1. The lowest BCUT2D eigenvalue weighted by Crippen LogP contribution is -2.34. The summed E-state index contributed by atoms with van der Waals surface area (Å²) < 4.78 is 19.4. The fourth-order valence-electron chi connectivity index (χ4n) is 1.81. The average molecular weight is 302 g/mol. The number of carbonyl (C=O) groups is 1. The third kappa shape index (κ3) is 2.84. The zero-order valence-electron chi connectivity index (χ0n) is 9.29. The molecule has 0 aliphatic carbocycles. The van der Waals surface area contributed by atoms with Crippen LogP contribution in [-0.4, -0.2) is 37.1 Å². The normalized spacial score (nSPS) is 16.7. The van der Waals surface area contributed by atoms with Gasteiger partial charge < -0.3 is 9.64 Å². The molecule has 0 saturated carbocycles. The molecule has 1 fully saturated rings. The van der Waals surface area contributed by atoms with Crippen LogP contribution in [0.5, 0.6) is 0 Å². The molecule has 1 saturated heterocycles. The highest BCUT2D eigenvalue weighted by Gasteiger charge is 2.22. The Morgan fingerprint density at radius 3 is 2.94 bits per heavy atom. The van der Waals surface area contributed by atoms with Crippen molar-refractivity contribution in [1.82, 2.24) is 4.90 Å².